The topological polar surface area (TPSA) is 76.1 Å². The normalized spacial score (nSPS) is 24.2. The van der Waals surface area contributed by atoms with Crippen LogP contribution in [0, 0.1) is 11.8 Å². The van der Waals surface area contributed by atoms with E-state index in [2.05, 4.69) is 4.90 Å². The number of piperidine rings is 1. The second kappa shape index (κ2) is 7.04. The number of methoxy groups -OCH3 is 2. The highest BCUT2D eigenvalue weighted by atomic mass is 16.5. The molecule has 0 amide bonds. The van der Waals surface area contributed by atoms with Crippen molar-refractivity contribution in [2.45, 2.75) is 32.2 Å². The Morgan fingerprint density at radius 1 is 1.32 bits per heavy atom. The maximum absolute atomic E-state index is 12.6. The van der Waals surface area contributed by atoms with Gasteiger partial charge in [-0.25, -0.2) is 0 Å². The molecule has 0 radical (unpaired) electrons. The summed E-state index contributed by atoms with van der Waals surface area (Å²) in [7, 11) is 3.23. The maximum atomic E-state index is 12.6. The van der Waals surface area contributed by atoms with E-state index in [0.717, 1.165) is 18.5 Å². The summed E-state index contributed by atoms with van der Waals surface area (Å²) >= 11 is 0. The number of aliphatic carboxylic acids is 1. The number of rotatable bonds is 5. The van der Waals surface area contributed by atoms with E-state index in [1.165, 1.54) is 5.56 Å². The van der Waals surface area contributed by atoms with Crippen LogP contribution < -0.4 is 9.47 Å². The summed E-state index contributed by atoms with van der Waals surface area (Å²) in [4.78, 5) is 26.0. The summed E-state index contributed by atoms with van der Waals surface area (Å²) in [5.41, 5.74) is 2.33. The smallest absolute Gasteiger partial charge is 0.306 e. The SMILES string of the molecule is COc1cc2c(cc1OC)[C@@H]1CC(=O)[C@@H](CC(C)C(=O)O)CN1CC2. The van der Waals surface area contributed by atoms with Crippen LogP contribution in [0.25, 0.3) is 0 Å². The fourth-order valence-electron chi connectivity index (χ4n) is 4.01. The number of carboxylic acid groups (broad SMARTS) is 1. The van der Waals surface area contributed by atoms with E-state index in [4.69, 9.17) is 14.6 Å². The summed E-state index contributed by atoms with van der Waals surface area (Å²) < 4.78 is 10.8. The molecule has 3 rings (SSSR count). The Morgan fingerprint density at radius 2 is 2.00 bits per heavy atom. The number of nitrogens with zero attached hydrogens (tertiary/aromatic N) is 1. The Labute approximate surface area is 147 Å². The van der Waals surface area contributed by atoms with Gasteiger partial charge >= 0.3 is 5.97 Å². The summed E-state index contributed by atoms with van der Waals surface area (Å²) in [6, 6.07) is 4.04. The molecule has 0 bridgehead atoms. The molecule has 1 saturated heterocycles. The van der Waals surface area contributed by atoms with Gasteiger partial charge in [0.05, 0.1) is 20.1 Å². The molecule has 1 aromatic carbocycles. The molecule has 136 valence electrons. The summed E-state index contributed by atoms with van der Waals surface area (Å²) in [5, 5.41) is 9.12. The number of ketones is 1. The first-order valence-electron chi connectivity index (χ1n) is 8.69. The van der Waals surface area contributed by atoms with Gasteiger partial charge in [0.15, 0.2) is 11.5 Å². The van der Waals surface area contributed by atoms with Gasteiger partial charge in [-0.05, 0) is 36.1 Å². The molecule has 0 spiro atoms. The number of ether oxygens (including phenoxy) is 2. The average Bonchev–Trinajstić information content (AvgIpc) is 2.60. The number of Topliss-reactive ketones (excluding diaryl/α,β-unsaturated/α-hetero) is 1. The van der Waals surface area contributed by atoms with Crippen molar-refractivity contribution >= 4 is 11.8 Å². The van der Waals surface area contributed by atoms with E-state index in [1.54, 1.807) is 21.1 Å². The average molecular weight is 347 g/mol. The van der Waals surface area contributed by atoms with Crippen LogP contribution in [0.1, 0.15) is 36.9 Å². The van der Waals surface area contributed by atoms with Gasteiger partial charge in [0.2, 0.25) is 0 Å². The van der Waals surface area contributed by atoms with E-state index >= 15 is 0 Å². The molecular weight excluding hydrogens is 322 g/mol. The monoisotopic (exact) mass is 347 g/mol. The Balaban J connectivity index is 1.83. The molecular formula is C19H25NO5. The maximum Gasteiger partial charge on any atom is 0.306 e. The summed E-state index contributed by atoms with van der Waals surface area (Å²) in [6.07, 6.45) is 1.73. The molecule has 1 N–H and O–H groups in total. The zero-order chi connectivity index (χ0) is 18.1. The first kappa shape index (κ1) is 17.7. The van der Waals surface area contributed by atoms with E-state index in [9.17, 15) is 9.59 Å². The molecule has 0 saturated carbocycles. The van der Waals surface area contributed by atoms with E-state index in [-0.39, 0.29) is 17.7 Å². The second-order valence-electron chi connectivity index (χ2n) is 7.01. The molecule has 0 aromatic heterocycles. The number of hydrogen-bond acceptors (Lipinski definition) is 5. The molecule has 25 heavy (non-hydrogen) atoms. The minimum Gasteiger partial charge on any atom is -0.493 e. The van der Waals surface area contributed by atoms with Crippen LogP contribution in [-0.4, -0.2) is 49.1 Å². The molecule has 1 fully saturated rings. The van der Waals surface area contributed by atoms with Crippen LogP contribution in [0.3, 0.4) is 0 Å². The Bertz CT molecular complexity index is 687. The van der Waals surface area contributed by atoms with Crippen LogP contribution in [-0.2, 0) is 16.0 Å². The molecule has 2 heterocycles. The zero-order valence-electron chi connectivity index (χ0n) is 14.9. The van der Waals surface area contributed by atoms with Crippen molar-refractivity contribution in [2.75, 3.05) is 27.3 Å². The quantitative estimate of drug-likeness (QED) is 0.881. The van der Waals surface area contributed by atoms with Gasteiger partial charge in [-0.3, -0.25) is 14.5 Å². The van der Waals surface area contributed by atoms with Gasteiger partial charge in [-0.1, -0.05) is 6.92 Å². The van der Waals surface area contributed by atoms with Crippen molar-refractivity contribution < 1.29 is 24.2 Å². The molecule has 6 heteroatoms. The van der Waals surface area contributed by atoms with Crippen molar-refractivity contribution in [2.24, 2.45) is 11.8 Å². The largest absolute Gasteiger partial charge is 0.493 e. The summed E-state index contributed by atoms with van der Waals surface area (Å²) in [5.74, 6) is 0.0332. The van der Waals surface area contributed by atoms with Crippen LogP contribution in [0.15, 0.2) is 12.1 Å². The third-order valence-corrected chi connectivity index (χ3v) is 5.48. The van der Waals surface area contributed by atoms with Crippen LogP contribution in [0.2, 0.25) is 0 Å². The van der Waals surface area contributed by atoms with E-state index < -0.39 is 11.9 Å². The van der Waals surface area contributed by atoms with Crippen molar-refractivity contribution in [3.05, 3.63) is 23.3 Å². The molecule has 1 unspecified atom stereocenters. The van der Waals surface area contributed by atoms with Gasteiger partial charge in [-0.15, -0.1) is 0 Å². The highest BCUT2D eigenvalue weighted by Crippen LogP contribution is 2.42. The number of fused-ring (bicyclic) bond motifs is 3. The highest BCUT2D eigenvalue weighted by molar-refractivity contribution is 5.84. The fourth-order valence-corrected chi connectivity index (χ4v) is 4.01. The number of carbonyl (C=O) groups is 2. The first-order valence-corrected chi connectivity index (χ1v) is 8.69. The van der Waals surface area contributed by atoms with Gasteiger partial charge in [0.25, 0.3) is 0 Å². The second-order valence-corrected chi connectivity index (χ2v) is 7.01. The lowest BCUT2D eigenvalue weighted by molar-refractivity contribution is -0.142. The van der Waals surface area contributed by atoms with Crippen molar-refractivity contribution in [1.82, 2.24) is 4.90 Å². The minimum atomic E-state index is -0.837. The predicted molar refractivity (Wildman–Crippen MR) is 92.1 cm³/mol. The first-order chi connectivity index (χ1) is 11.9. The van der Waals surface area contributed by atoms with Crippen LogP contribution in [0.4, 0.5) is 0 Å². The van der Waals surface area contributed by atoms with Crippen molar-refractivity contribution in [3.63, 3.8) is 0 Å². The number of hydrogen-bond donors (Lipinski definition) is 1. The van der Waals surface area contributed by atoms with Gasteiger partial charge in [-0.2, -0.15) is 0 Å². The predicted octanol–water partition coefficient (Wildman–Crippen LogP) is 2.30. The van der Waals surface area contributed by atoms with Gasteiger partial charge in [0.1, 0.15) is 5.78 Å². The fraction of sp³-hybridized carbons (Fsp3) is 0.579. The lowest BCUT2D eigenvalue weighted by atomic mass is 9.80. The standard InChI is InChI=1S/C19H25NO5/c1-11(19(22)23)6-13-10-20-5-4-12-7-17(24-2)18(25-3)8-14(12)15(20)9-16(13)21/h7-8,11,13,15H,4-6,9-10H2,1-3H3,(H,22,23)/t11?,13-,15-/m0/s1. The zero-order valence-corrected chi connectivity index (χ0v) is 14.9. The van der Waals surface area contributed by atoms with E-state index in [1.807, 2.05) is 12.1 Å². The molecule has 3 atom stereocenters. The number of carbonyl (C=O) groups excluding carboxylic acids is 1. The van der Waals surface area contributed by atoms with Crippen LogP contribution >= 0.6 is 0 Å². The molecule has 2 aliphatic rings. The Hall–Kier alpha value is -2.08. The number of carboxylic acids is 1. The lowest BCUT2D eigenvalue weighted by Crippen LogP contribution is -2.46. The van der Waals surface area contributed by atoms with Crippen LogP contribution in [0.5, 0.6) is 11.5 Å². The number of benzene rings is 1. The highest BCUT2D eigenvalue weighted by Gasteiger charge is 2.39. The van der Waals surface area contributed by atoms with Crippen molar-refractivity contribution in [1.29, 1.82) is 0 Å². The molecule has 0 aliphatic carbocycles. The third-order valence-electron chi connectivity index (χ3n) is 5.48. The third kappa shape index (κ3) is 3.35. The summed E-state index contributed by atoms with van der Waals surface area (Å²) in [6.45, 7) is 3.18. The minimum absolute atomic E-state index is 0.0486. The molecule has 6 nitrogen and oxygen atoms in total. The lowest BCUT2D eigenvalue weighted by Gasteiger charge is -2.43. The molecule has 2 aliphatic heterocycles. The van der Waals surface area contributed by atoms with Gasteiger partial charge in [0, 0.05) is 31.5 Å². The van der Waals surface area contributed by atoms with Crippen molar-refractivity contribution in [3.8, 4) is 11.5 Å². The van der Waals surface area contributed by atoms with Gasteiger partial charge < -0.3 is 14.6 Å². The van der Waals surface area contributed by atoms with E-state index in [0.29, 0.717) is 30.9 Å². The Morgan fingerprint density at radius 3 is 2.64 bits per heavy atom. The Kier molecular flexibility index (Phi) is 4.99. The molecule has 1 aromatic rings.